The highest BCUT2D eigenvalue weighted by atomic mass is 16.1. The van der Waals surface area contributed by atoms with Crippen molar-refractivity contribution in [3.05, 3.63) is 174 Å². The van der Waals surface area contributed by atoms with E-state index in [0.717, 1.165) is 60.6 Å². The van der Waals surface area contributed by atoms with Crippen molar-refractivity contribution < 1.29 is 0 Å². The molecule has 0 saturated carbocycles. The van der Waals surface area contributed by atoms with Crippen molar-refractivity contribution in [3.8, 4) is 27.9 Å². The second-order valence-electron chi connectivity index (χ2n) is 11.3. The Hall–Kier alpha value is -5.99. The van der Waals surface area contributed by atoms with Crippen molar-refractivity contribution in [1.82, 2.24) is 4.57 Å². The van der Waals surface area contributed by atoms with E-state index in [4.69, 9.17) is 0 Å². The molecule has 7 aromatic carbocycles. The number of pyridine rings is 1. The van der Waals surface area contributed by atoms with Gasteiger partial charge in [-0.3, -0.25) is 9.36 Å². The smallest absolute Gasteiger partial charge is 0.263 e. The second kappa shape index (κ2) is 10.6. The average molecular weight is 576 g/mol. The van der Waals surface area contributed by atoms with E-state index >= 15 is 0 Å². The van der Waals surface area contributed by atoms with Crippen molar-refractivity contribution in [2.45, 2.75) is 0 Å². The summed E-state index contributed by atoms with van der Waals surface area (Å²) in [7, 11) is 0. The van der Waals surface area contributed by atoms with E-state index < -0.39 is 0 Å². The summed E-state index contributed by atoms with van der Waals surface area (Å²) in [6.07, 6.45) is 3.92. The molecule has 1 aromatic heterocycles. The lowest BCUT2D eigenvalue weighted by atomic mass is 9.82. The van der Waals surface area contributed by atoms with Gasteiger partial charge < -0.3 is 0 Å². The largest absolute Gasteiger partial charge is 0.276 e. The third kappa shape index (κ3) is 4.07. The molecule has 0 N–H and O–H groups in total. The third-order valence-electron chi connectivity index (χ3n) is 8.95. The third-order valence-corrected chi connectivity index (χ3v) is 8.95. The van der Waals surface area contributed by atoms with Gasteiger partial charge in [0, 0.05) is 16.5 Å². The molecule has 2 heteroatoms. The molecule has 0 fully saturated rings. The molecular formula is C43H29NO. The van der Waals surface area contributed by atoms with Gasteiger partial charge in [-0.2, -0.15) is 0 Å². The van der Waals surface area contributed by atoms with Gasteiger partial charge in [0.1, 0.15) is 0 Å². The summed E-state index contributed by atoms with van der Waals surface area (Å²) >= 11 is 0. The van der Waals surface area contributed by atoms with Crippen molar-refractivity contribution in [2.24, 2.45) is 0 Å². The van der Waals surface area contributed by atoms with Crippen LogP contribution in [0, 0.1) is 0 Å². The fourth-order valence-electron chi connectivity index (χ4n) is 7.02. The molecular weight excluding hydrogens is 546 g/mol. The fraction of sp³-hybridized carbons (Fsp3) is 0. The number of benzene rings is 7. The van der Waals surface area contributed by atoms with Crippen molar-refractivity contribution in [3.63, 3.8) is 0 Å². The molecule has 0 amide bonds. The summed E-state index contributed by atoms with van der Waals surface area (Å²) in [5, 5.41) is 7.34. The maximum atomic E-state index is 13.9. The molecule has 0 atom stereocenters. The van der Waals surface area contributed by atoms with Crippen LogP contribution in [0.5, 0.6) is 0 Å². The first kappa shape index (κ1) is 26.6. The van der Waals surface area contributed by atoms with Gasteiger partial charge in [0.2, 0.25) is 0 Å². The first-order chi connectivity index (χ1) is 22.2. The minimum Gasteiger partial charge on any atom is -0.276 e. The van der Waals surface area contributed by atoms with Gasteiger partial charge >= 0.3 is 0 Å². The zero-order valence-electron chi connectivity index (χ0n) is 24.7. The molecule has 0 saturated heterocycles. The Bertz CT molecular complexity index is 2530. The number of hydrogen-bond donors (Lipinski definition) is 0. The molecule has 212 valence electrons. The summed E-state index contributed by atoms with van der Waals surface area (Å²) in [6, 6.07) is 47.8. The Morgan fingerprint density at radius 2 is 1.07 bits per heavy atom. The number of fused-ring (bicyclic) bond motifs is 5. The minimum atomic E-state index is -0.0253. The topological polar surface area (TPSA) is 22.0 Å². The van der Waals surface area contributed by atoms with Crippen LogP contribution in [0.15, 0.2) is 157 Å². The van der Waals surface area contributed by atoms with Gasteiger partial charge in [-0.05, 0) is 90.6 Å². The molecule has 8 rings (SSSR count). The molecule has 0 aliphatic carbocycles. The Labute approximate surface area is 261 Å². The number of hydrogen-bond acceptors (Lipinski definition) is 1. The molecule has 0 radical (unpaired) electrons. The van der Waals surface area contributed by atoms with E-state index in [1.54, 1.807) is 0 Å². The van der Waals surface area contributed by atoms with E-state index in [-0.39, 0.29) is 5.56 Å². The molecule has 45 heavy (non-hydrogen) atoms. The van der Waals surface area contributed by atoms with Gasteiger partial charge in [0.25, 0.3) is 5.56 Å². The zero-order valence-corrected chi connectivity index (χ0v) is 24.7. The van der Waals surface area contributed by atoms with Crippen LogP contribution >= 0.6 is 0 Å². The zero-order chi connectivity index (χ0) is 30.5. The van der Waals surface area contributed by atoms with E-state index in [1.807, 2.05) is 71.3 Å². The van der Waals surface area contributed by atoms with Gasteiger partial charge in [-0.1, -0.05) is 135 Å². The van der Waals surface area contributed by atoms with Crippen molar-refractivity contribution in [2.75, 3.05) is 0 Å². The molecule has 0 aliphatic heterocycles. The average Bonchev–Trinajstić information content (AvgIpc) is 3.11. The van der Waals surface area contributed by atoms with E-state index in [9.17, 15) is 4.79 Å². The molecule has 2 nitrogen and oxygen atoms in total. The van der Waals surface area contributed by atoms with Crippen molar-refractivity contribution >= 4 is 55.4 Å². The summed E-state index contributed by atoms with van der Waals surface area (Å²) in [4.78, 5) is 13.9. The van der Waals surface area contributed by atoms with Crippen LogP contribution in [0.2, 0.25) is 0 Å². The fourth-order valence-corrected chi connectivity index (χ4v) is 7.02. The molecule has 0 unspecified atom stereocenters. The molecule has 0 spiro atoms. The van der Waals surface area contributed by atoms with E-state index in [0.29, 0.717) is 5.39 Å². The molecule has 1 heterocycles. The van der Waals surface area contributed by atoms with Gasteiger partial charge in [0.05, 0.1) is 5.52 Å². The highest BCUT2D eigenvalue weighted by molar-refractivity contribution is 6.16. The quantitative estimate of drug-likeness (QED) is 0.187. The number of para-hydroxylation sites is 1. The Balaban J connectivity index is 1.50. The summed E-state index contributed by atoms with van der Waals surface area (Å²) < 4.78 is 1.83. The maximum absolute atomic E-state index is 13.9. The maximum Gasteiger partial charge on any atom is 0.263 e. The number of rotatable bonds is 5. The number of aromatic nitrogens is 1. The predicted octanol–water partition coefficient (Wildman–Crippen LogP) is 11.1. The molecule has 0 bridgehead atoms. The van der Waals surface area contributed by atoms with Crippen LogP contribution in [0.25, 0.3) is 83.3 Å². The van der Waals surface area contributed by atoms with Gasteiger partial charge in [0.15, 0.2) is 0 Å². The number of nitrogens with zero attached hydrogens (tertiary/aromatic N) is 1. The van der Waals surface area contributed by atoms with Crippen LogP contribution in [-0.2, 0) is 0 Å². The minimum absolute atomic E-state index is 0.0253. The second-order valence-corrected chi connectivity index (χ2v) is 11.3. The molecule has 8 aromatic rings. The van der Waals surface area contributed by atoms with Crippen LogP contribution < -0.4 is 5.56 Å². The lowest BCUT2D eigenvalue weighted by Gasteiger charge is -2.21. The predicted molar refractivity (Wildman–Crippen MR) is 193 cm³/mol. The summed E-state index contributed by atoms with van der Waals surface area (Å²) in [6.45, 7) is 8.62. The van der Waals surface area contributed by atoms with E-state index in [1.165, 1.54) is 16.3 Å². The SMILES string of the molecule is C=Cc1c(C=C)c(-c2cccc3ccccc23)c2ccccc2c1-c1ccc2c(c1)c1ccccc1c(=O)n2-c1ccccc1. The monoisotopic (exact) mass is 575 g/mol. The van der Waals surface area contributed by atoms with E-state index in [2.05, 4.69) is 98.1 Å². The molecule has 0 aliphatic rings. The van der Waals surface area contributed by atoms with Crippen LogP contribution in [0.4, 0.5) is 0 Å². The van der Waals surface area contributed by atoms with Crippen molar-refractivity contribution in [1.29, 1.82) is 0 Å². The van der Waals surface area contributed by atoms with Gasteiger partial charge in [-0.25, -0.2) is 0 Å². The van der Waals surface area contributed by atoms with Crippen LogP contribution in [-0.4, -0.2) is 4.57 Å². The Morgan fingerprint density at radius 1 is 0.489 bits per heavy atom. The van der Waals surface area contributed by atoms with Gasteiger partial charge in [-0.15, -0.1) is 0 Å². The first-order valence-corrected chi connectivity index (χ1v) is 15.1. The Kier molecular flexibility index (Phi) is 6.28. The Morgan fingerprint density at radius 3 is 1.80 bits per heavy atom. The normalized spacial score (nSPS) is 11.4. The lowest BCUT2D eigenvalue weighted by Crippen LogP contribution is -2.19. The van der Waals surface area contributed by atoms with Crippen LogP contribution in [0.3, 0.4) is 0 Å². The summed E-state index contributed by atoms with van der Waals surface area (Å²) in [5.74, 6) is 0. The standard InChI is InChI=1S/C43H29NO/c1-3-31-32(4-2)42(35-24-14-16-28-15-8-9-19-33(28)35)37-22-12-11-21-36(37)41(31)29-25-26-40-39(27-29)34-20-10-13-23-38(34)43(45)44(40)30-17-6-5-7-18-30/h3-27H,1-2H2. The highest BCUT2D eigenvalue weighted by Gasteiger charge is 2.21. The highest BCUT2D eigenvalue weighted by Crippen LogP contribution is 2.45. The summed E-state index contributed by atoms with van der Waals surface area (Å²) in [5.41, 5.74) is 8.26. The lowest BCUT2D eigenvalue weighted by molar-refractivity contribution is 1.06. The first-order valence-electron chi connectivity index (χ1n) is 15.1. The van der Waals surface area contributed by atoms with Crippen LogP contribution in [0.1, 0.15) is 11.1 Å².